The predicted octanol–water partition coefficient (Wildman–Crippen LogP) is 2.08. The Labute approximate surface area is 116 Å². The van der Waals surface area contributed by atoms with Crippen molar-refractivity contribution >= 4 is 5.91 Å². The average Bonchev–Trinajstić information content (AvgIpc) is 2.45. The van der Waals surface area contributed by atoms with E-state index in [-0.39, 0.29) is 5.91 Å². The van der Waals surface area contributed by atoms with Gasteiger partial charge in [-0.3, -0.25) is 4.79 Å². The third-order valence-electron chi connectivity index (χ3n) is 3.85. The van der Waals surface area contributed by atoms with Gasteiger partial charge < -0.3 is 10.2 Å². The maximum atomic E-state index is 12.0. The molecule has 0 saturated carbocycles. The largest absolute Gasteiger partial charge is 0.342 e. The Bertz CT molecular complexity index is 383. The number of rotatable bonds is 5. The number of carbonyl (C=O) groups excluding carboxylic acids is 1. The number of carbonyl (C=O) groups is 1. The van der Waals surface area contributed by atoms with Crippen LogP contribution in [0, 0.1) is 5.92 Å². The highest BCUT2D eigenvalue weighted by atomic mass is 16.2. The molecule has 0 spiro atoms. The van der Waals surface area contributed by atoms with Gasteiger partial charge in [0.1, 0.15) is 0 Å². The Hall–Kier alpha value is -1.35. The van der Waals surface area contributed by atoms with Gasteiger partial charge in [0.15, 0.2) is 0 Å². The molecule has 19 heavy (non-hydrogen) atoms. The van der Waals surface area contributed by atoms with E-state index in [1.807, 2.05) is 11.0 Å². The van der Waals surface area contributed by atoms with E-state index in [0.29, 0.717) is 6.54 Å². The first-order valence-corrected chi connectivity index (χ1v) is 7.28. The SMILES string of the molecule is CC1CCN(C(=O)CNCCc2ccccc2)CC1. The molecule has 0 atom stereocenters. The molecule has 2 rings (SSSR count). The Morgan fingerprint density at radius 1 is 1.26 bits per heavy atom. The van der Waals surface area contributed by atoms with Crippen LogP contribution in [0.2, 0.25) is 0 Å². The summed E-state index contributed by atoms with van der Waals surface area (Å²) in [6.07, 6.45) is 3.27. The smallest absolute Gasteiger partial charge is 0.236 e. The van der Waals surface area contributed by atoms with E-state index >= 15 is 0 Å². The third-order valence-corrected chi connectivity index (χ3v) is 3.85. The lowest BCUT2D eigenvalue weighted by molar-refractivity contribution is -0.131. The van der Waals surface area contributed by atoms with E-state index in [1.165, 1.54) is 5.56 Å². The quantitative estimate of drug-likeness (QED) is 0.822. The maximum Gasteiger partial charge on any atom is 0.236 e. The molecular weight excluding hydrogens is 236 g/mol. The van der Waals surface area contributed by atoms with Crippen LogP contribution in [0.25, 0.3) is 0 Å². The molecule has 1 aliphatic heterocycles. The van der Waals surface area contributed by atoms with Crippen LogP contribution in [-0.4, -0.2) is 37.0 Å². The predicted molar refractivity (Wildman–Crippen MR) is 78.0 cm³/mol. The fraction of sp³-hybridized carbons (Fsp3) is 0.562. The normalized spacial score (nSPS) is 16.6. The Morgan fingerprint density at radius 3 is 2.63 bits per heavy atom. The average molecular weight is 260 g/mol. The number of likely N-dealkylation sites (tertiary alicyclic amines) is 1. The number of hydrogen-bond acceptors (Lipinski definition) is 2. The van der Waals surface area contributed by atoms with Gasteiger partial charge in [-0.2, -0.15) is 0 Å². The van der Waals surface area contributed by atoms with Crippen LogP contribution in [-0.2, 0) is 11.2 Å². The van der Waals surface area contributed by atoms with Gasteiger partial charge >= 0.3 is 0 Å². The lowest BCUT2D eigenvalue weighted by Crippen LogP contribution is -2.42. The van der Waals surface area contributed by atoms with Gasteiger partial charge in [0, 0.05) is 13.1 Å². The number of nitrogens with one attached hydrogen (secondary N) is 1. The molecule has 1 aromatic rings. The summed E-state index contributed by atoms with van der Waals surface area (Å²) in [6, 6.07) is 10.4. The van der Waals surface area contributed by atoms with Crippen molar-refractivity contribution in [3.05, 3.63) is 35.9 Å². The van der Waals surface area contributed by atoms with Crippen molar-refractivity contribution in [3.8, 4) is 0 Å². The highest BCUT2D eigenvalue weighted by Gasteiger charge is 2.19. The topological polar surface area (TPSA) is 32.3 Å². The van der Waals surface area contributed by atoms with Crippen LogP contribution < -0.4 is 5.32 Å². The molecule has 0 aromatic heterocycles. The minimum Gasteiger partial charge on any atom is -0.342 e. The van der Waals surface area contributed by atoms with Crippen molar-refractivity contribution in [2.75, 3.05) is 26.2 Å². The summed E-state index contributed by atoms with van der Waals surface area (Å²) in [6.45, 7) is 5.46. The lowest BCUT2D eigenvalue weighted by Gasteiger charge is -2.30. The van der Waals surface area contributed by atoms with Crippen molar-refractivity contribution in [1.82, 2.24) is 10.2 Å². The second-order valence-electron chi connectivity index (χ2n) is 5.48. The standard InChI is InChI=1S/C16H24N2O/c1-14-8-11-18(12-9-14)16(19)13-17-10-7-15-5-3-2-4-6-15/h2-6,14,17H,7-13H2,1H3. The number of hydrogen-bond donors (Lipinski definition) is 1. The van der Waals surface area contributed by atoms with Gasteiger partial charge in [0.05, 0.1) is 6.54 Å². The molecular formula is C16H24N2O. The van der Waals surface area contributed by atoms with E-state index < -0.39 is 0 Å². The summed E-state index contributed by atoms with van der Waals surface area (Å²) < 4.78 is 0. The second kappa shape index (κ2) is 7.29. The molecule has 104 valence electrons. The molecule has 0 bridgehead atoms. The zero-order valence-electron chi connectivity index (χ0n) is 11.8. The summed E-state index contributed by atoms with van der Waals surface area (Å²) in [5.74, 6) is 1.02. The van der Waals surface area contributed by atoms with Gasteiger partial charge in [-0.05, 0) is 37.3 Å². The van der Waals surface area contributed by atoms with E-state index in [9.17, 15) is 4.79 Å². The Balaban J connectivity index is 1.61. The van der Waals surface area contributed by atoms with E-state index in [4.69, 9.17) is 0 Å². The number of nitrogens with zero attached hydrogens (tertiary/aromatic N) is 1. The lowest BCUT2D eigenvalue weighted by atomic mass is 9.99. The Kier molecular flexibility index (Phi) is 5.40. The van der Waals surface area contributed by atoms with E-state index in [1.54, 1.807) is 0 Å². The molecule has 1 aliphatic rings. The first-order chi connectivity index (χ1) is 9.25. The summed E-state index contributed by atoms with van der Waals surface area (Å²) in [7, 11) is 0. The zero-order chi connectivity index (χ0) is 13.5. The van der Waals surface area contributed by atoms with Crippen molar-refractivity contribution in [3.63, 3.8) is 0 Å². The fourth-order valence-corrected chi connectivity index (χ4v) is 2.44. The number of piperidine rings is 1. The van der Waals surface area contributed by atoms with Gasteiger partial charge in [-0.25, -0.2) is 0 Å². The first-order valence-electron chi connectivity index (χ1n) is 7.28. The molecule has 0 unspecified atom stereocenters. The highest BCUT2D eigenvalue weighted by Crippen LogP contribution is 2.15. The Morgan fingerprint density at radius 2 is 1.95 bits per heavy atom. The second-order valence-corrected chi connectivity index (χ2v) is 5.48. The van der Waals surface area contributed by atoms with Crippen molar-refractivity contribution in [2.24, 2.45) is 5.92 Å². The molecule has 0 radical (unpaired) electrons. The molecule has 0 aliphatic carbocycles. The van der Waals surface area contributed by atoms with Crippen molar-refractivity contribution in [1.29, 1.82) is 0 Å². The van der Waals surface area contributed by atoms with Crippen LogP contribution >= 0.6 is 0 Å². The van der Waals surface area contributed by atoms with Gasteiger partial charge in [0.25, 0.3) is 0 Å². The van der Waals surface area contributed by atoms with Crippen molar-refractivity contribution in [2.45, 2.75) is 26.2 Å². The zero-order valence-corrected chi connectivity index (χ0v) is 11.8. The van der Waals surface area contributed by atoms with Crippen LogP contribution in [0.1, 0.15) is 25.3 Å². The third kappa shape index (κ3) is 4.67. The molecule has 1 aromatic carbocycles. The summed E-state index contributed by atoms with van der Waals surface area (Å²) in [4.78, 5) is 14.0. The molecule has 3 nitrogen and oxygen atoms in total. The van der Waals surface area contributed by atoms with Crippen LogP contribution in [0.5, 0.6) is 0 Å². The molecule has 3 heteroatoms. The first kappa shape index (κ1) is 14.1. The fourth-order valence-electron chi connectivity index (χ4n) is 2.44. The summed E-state index contributed by atoms with van der Waals surface area (Å²) in [5.41, 5.74) is 1.31. The summed E-state index contributed by atoms with van der Waals surface area (Å²) in [5, 5.41) is 3.25. The van der Waals surface area contributed by atoms with Crippen molar-refractivity contribution < 1.29 is 4.79 Å². The molecule has 1 fully saturated rings. The minimum atomic E-state index is 0.250. The highest BCUT2D eigenvalue weighted by molar-refractivity contribution is 5.78. The molecule has 1 saturated heterocycles. The molecule has 1 amide bonds. The minimum absolute atomic E-state index is 0.250. The number of benzene rings is 1. The van der Waals surface area contributed by atoms with Gasteiger partial charge in [-0.1, -0.05) is 37.3 Å². The van der Waals surface area contributed by atoms with E-state index in [0.717, 1.165) is 44.8 Å². The number of amides is 1. The van der Waals surface area contributed by atoms with Crippen LogP contribution in [0.4, 0.5) is 0 Å². The molecule has 1 heterocycles. The van der Waals surface area contributed by atoms with Crippen LogP contribution in [0.3, 0.4) is 0 Å². The summed E-state index contributed by atoms with van der Waals surface area (Å²) >= 11 is 0. The molecule has 1 N–H and O–H groups in total. The van der Waals surface area contributed by atoms with Gasteiger partial charge in [0.2, 0.25) is 5.91 Å². The van der Waals surface area contributed by atoms with Crippen LogP contribution in [0.15, 0.2) is 30.3 Å². The maximum absolute atomic E-state index is 12.0. The van der Waals surface area contributed by atoms with E-state index in [2.05, 4.69) is 36.5 Å². The monoisotopic (exact) mass is 260 g/mol. The van der Waals surface area contributed by atoms with Gasteiger partial charge in [-0.15, -0.1) is 0 Å².